The summed E-state index contributed by atoms with van der Waals surface area (Å²) in [6.45, 7) is 15.0. The topological polar surface area (TPSA) is 131 Å². The van der Waals surface area contributed by atoms with Gasteiger partial charge in [-0.3, -0.25) is 19.4 Å². The van der Waals surface area contributed by atoms with E-state index in [-0.39, 0.29) is 5.91 Å². The minimum absolute atomic E-state index is 0.314. The molecule has 13 heteroatoms. The molecule has 4 aromatic heterocycles. The van der Waals surface area contributed by atoms with Gasteiger partial charge in [-0.25, -0.2) is 4.52 Å². The summed E-state index contributed by atoms with van der Waals surface area (Å²) in [5.41, 5.74) is 4.68. The number of benzene rings is 1. The van der Waals surface area contributed by atoms with Gasteiger partial charge in [0, 0.05) is 81.0 Å². The zero-order valence-electron chi connectivity index (χ0n) is 31.4. The third-order valence-corrected chi connectivity index (χ3v) is 12.6. The molecule has 280 valence electrons. The van der Waals surface area contributed by atoms with E-state index in [0.717, 1.165) is 76.1 Å². The summed E-state index contributed by atoms with van der Waals surface area (Å²) in [4.78, 5) is 25.8. The Morgan fingerprint density at radius 1 is 0.907 bits per heavy atom. The monoisotopic (exact) mass is 728 g/mol. The molecule has 13 nitrogen and oxygen atoms in total. The fourth-order valence-electron chi connectivity index (χ4n) is 9.20. The van der Waals surface area contributed by atoms with E-state index < -0.39 is 5.60 Å². The first-order valence-electron chi connectivity index (χ1n) is 19.6. The molecule has 1 aromatic carbocycles. The number of nitrogens with zero attached hydrogens (tertiary/aromatic N) is 10. The minimum atomic E-state index is -1.21. The maximum Gasteiger partial charge on any atom is 0.274 e. The Balaban J connectivity index is 0.820. The zero-order valence-corrected chi connectivity index (χ0v) is 31.4. The molecule has 54 heavy (non-hydrogen) atoms. The van der Waals surface area contributed by atoms with Crippen LogP contribution in [0.15, 0.2) is 61.2 Å². The van der Waals surface area contributed by atoms with Gasteiger partial charge in [-0.2, -0.15) is 15.5 Å². The molecule has 0 bridgehead atoms. The lowest BCUT2D eigenvalue weighted by atomic mass is 9.95. The number of amides is 1. The molecular formula is C41H50N11O2+. The van der Waals surface area contributed by atoms with Crippen molar-refractivity contribution in [2.24, 2.45) is 0 Å². The van der Waals surface area contributed by atoms with Crippen molar-refractivity contribution in [3.8, 4) is 6.07 Å². The van der Waals surface area contributed by atoms with Crippen molar-refractivity contribution in [3.63, 3.8) is 0 Å². The number of nitriles is 1. The van der Waals surface area contributed by atoms with Gasteiger partial charge in [0.15, 0.2) is 0 Å². The number of quaternary nitrogens is 1. The quantitative estimate of drug-likeness (QED) is 0.228. The highest BCUT2D eigenvalue weighted by atomic mass is 16.3. The number of rotatable bonds is 7. The largest absolute Gasteiger partial charge is 0.386 e. The summed E-state index contributed by atoms with van der Waals surface area (Å²) in [5.74, 6) is -0.351. The molecule has 1 spiro atoms. The lowest BCUT2D eigenvalue weighted by Gasteiger charge is -2.53. The summed E-state index contributed by atoms with van der Waals surface area (Å²) in [7, 11) is 0. The first-order chi connectivity index (χ1) is 26.1. The number of carbonyl (C=O) groups is 1. The summed E-state index contributed by atoms with van der Waals surface area (Å²) in [5, 5.41) is 33.6. The summed E-state index contributed by atoms with van der Waals surface area (Å²) in [6, 6.07) is 14.3. The Bertz CT molecular complexity index is 2220. The normalized spacial score (nSPS) is 20.0. The number of aromatic nitrogens is 5. The molecule has 8 heterocycles. The van der Waals surface area contributed by atoms with E-state index in [1.165, 1.54) is 58.9 Å². The van der Waals surface area contributed by atoms with Crippen molar-refractivity contribution in [1.82, 2.24) is 29.3 Å². The maximum absolute atomic E-state index is 13.5. The van der Waals surface area contributed by atoms with Gasteiger partial charge in [-0.15, -0.1) is 0 Å². The average Bonchev–Trinajstić information content (AvgIpc) is 3.79. The summed E-state index contributed by atoms with van der Waals surface area (Å²) >= 11 is 0. The second-order valence-corrected chi connectivity index (χ2v) is 16.5. The Labute approximate surface area is 316 Å². The second kappa shape index (κ2) is 13.7. The molecule has 4 saturated heterocycles. The Morgan fingerprint density at radius 3 is 2.37 bits per heavy atom. The fraction of sp³-hybridized carbons (Fsp3) is 0.488. The van der Waals surface area contributed by atoms with Crippen molar-refractivity contribution >= 4 is 39.4 Å². The number of piperidine rings is 2. The predicted molar refractivity (Wildman–Crippen MR) is 209 cm³/mol. The van der Waals surface area contributed by atoms with Gasteiger partial charge in [0.1, 0.15) is 11.8 Å². The van der Waals surface area contributed by atoms with Crippen LogP contribution in [0.25, 0.3) is 16.4 Å². The molecule has 4 aliphatic heterocycles. The highest BCUT2D eigenvalue weighted by molar-refractivity contribution is 6.05. The van der Waals surface area contributed by atoms with Crippen molar-refractivity contribution in [1.29, 1.82) is 5.26 Å². The fourth-order valence-corrected chi connectivity index (χ4v) is 9.20. The molecule has 9 rings (SSSR count). The number of nitrogens with one attached hydrogen (secondary N) is 1. The molecule has 0 unspecified atom stereocenters. The molecule has 0 atom stereocenters. The Hall–Kier alpha value is -5.03. The highest BCUT2D eigenvalue weighted by Gasteiger charge is 2.42. The van der Waals surface area contributed by atoms with E-state index in [9.17, 15) is 15.2 Å². The van der Waals surface area contributed by atoms with E-state index in [1.807, 2.05) is 24.5 Å². The van der Waals surface area contributed by atoms with Crippen LogP contribution in [0.3, 0.4) is 0 Å². The first kappa shape index (κ1) is 34.7. The lowest BCUT2D eigenvalue weighted by molar-refractivity contribution is -0.937. The van der Waals surface area contributed by atoms with Crippen LogP contribution >= 0.6 is 0 Å². The van der Waals surface area contributed by atoms with Crippen LogP contribution in [0.5, 0.6) is 0 Å². The van der Waals surface area contributed by atoms with Gasteiger partial charge in [0.25, 0.3) is 5.91 Å². The molecule has 2 N–H and O–H groups in total. The van der Waals surface area contributed by atoms with Gasteiger partial charge in [-0.05, 0) is 69.5 Å². The van der Waals surface area contributed by atoms with Crippen molar-refractivity contribution < 1.29 is 14.4 Å². The Kier molecular flexibility index (Phi) is 8.79. The van der Waals surface area contributed by atoms with Crippen molar-refractivity contribution in [3.05, 3.63) is 78.0 Å². The van der Waals surface area contributed by atoms with Crippen LogP contribution in [-0.4, -0.2) is 116 Å². The molecule has 0 aliphatic carbocycles. The minimum Gasteiger partial charge on any atom is -0.386 e. The standard InChI is InChI=1S/C41H49N11O2/c1-41(2,54)36-21-37-30(19-38(36)45-40(53)39-7-6-32-18-29(22-42)23-44-51(32)39)26-50(46-37)31-8-14-52(15-9-31)16-12-48(13-17-52)35-27-49(28-35)34-20-33(24-43-25-34)47-10-4-3-5-11-47/h6-7,18-21,23-26,31,35,54H,3-5,8-17,27-28H2,1-2H3/p+1. The molecule has 1 amide bonds. The zero-order chi connectivity index (χ0) is 37.0. The van der Waals surface area contributed by atoms with Crippen LogP contribution < -0.4 is 15.1 Å². The highest BCUT2D eigenvalue weighted by Crippen LogP contribution is 2.36. The van der Waals surface area contributed by atoms with E-state index in [2.05, 4.69) is 53.1 Å². The van der Waals surface area contributed by atoms with Crippen LogP contribution in [0.1, 0.15) is 73.6 Å². The predicted octanol–water partition coefficient (Wildman–Crippen LogP) is 4.78. The van der Waals surface area contributed by atoms with Crippen molar-refractivity contribution in [2.45, 2.75) is 63.6 Å². The number of anilines is 3. The maximum atomic E-state index is 13.5. The van der Waals surface area contributed by atoms with Gasteiger partial charge in [-0.1, -0.05) is 0 Å². The van der Waals surface area contributed by atoms with Gasteiger partial charge in [0.2, 0.25) is 0 Å². The number of fused-ring (bicyclic) bond motifs is 2. The van der Waals surface area contributed by atoms with Crippen LogP contribution in [0.2, 0.25) is 0 Å². The Morgan fingerprint density at radius 2 is 1.65 bits per heavy atom. The molecule has 0 radical (unpaired) electrons. The number of piperazine rings is 1. The smallest absolute Gasteiger partial charge is 0.274 e. The van der Waals surface area contributed by atoms with Crippen LogP contribution in [0, 0.1) is 11.3 Å². The molecule has 5 aromatic rings. The van der Waals surface area contributed by atoms with E-state index in [4.69, 9.17) is 5.10 Å². The third-order valence-electron chi connectivity index (χ3n) is 12.6. The number of hydrogen-bond donors (Lipinski definition) is 2. The molecule has 0 saturated carbocycles. The number of hydrogen-bond acceptors (Lipinski definition) is 9. The van der Waals surface area contributed by atoms with E-state index in [1.54, 1.807) is 32.0 Å². The average molecular weight is 729 g/mol. The molecule has 4 fully saturated rings. The van der Waals surface area contributed by atoms with E-state index in [0.29, 0.717) is 40.1 Å². The number of aliphatic hydroxyl groups is 1. The van der Waals surface area contributed by atoms with Crippen LogP contribution in [-0.2, 0) is 5.60 Å². The second-order valence-electron chi connectivity index (χ2n) is 16.5. The SMILES string of the molecule is CC(C)(O)c1cc2nn(C3CC[N+]4(CC3)CCN(C3CN(c5cncc(N6CCCCC6)c5)C3)CC4)cc2cc1NC(=O)c1ccc2cc(C#N)cnn12. The van der Waals surface area contributed by atoms with Gasteiger partial charge < -0.3 is 24.7 Å². The number of pyridine rings is 1. The number of carbonyl (C=O) groups excluding carboxylic acids is 1. The van der Waals surface area contributed by atoms with E-state index >= 15 is 0 Å². The van der Waals surface area contributed by atoms with Gasteiger partial charge >= 0.3 is 0 Å². The third kappa shape index (κ3) is 6.56. The molecule has 4 aliphatic rings. The summed E-state index contributed by atoms with van der Waals surface area (Å²) < 4.78 is 4.84. The first-order valence-corrected chi connectivity index (χ1v) is 19.6. The lowest BCUT2D eigenvalue weighted by Crippen LogP contribution is -2.68. The van der Waals surface area contributed by atoms with Crippen molar-refractivity contribution in [2.75, 3.05) is 80.6 Å². The molecular weight excluding hydrogens is 679 g/mol. The van der Waals surface area contributed by atoms with Gasteiger partial charge in [0.05, 0.1) is 84.4 Å². The summed E-state index contributed by atoms with van der Waals surface area (Å²) in [6.07, 6.45) is 13.7. The van der Waals surface area contributed by atoms with Crippen LogP contribution in [0.4, 0.5) is 17.1 Å².